The summed E-state index contributed by atoms with van der Waals surface area (Å²) < 4.78 is 71.6. The van der Waals surface area contributed by atoms with E-state index in [9.17, 15) is 22.0 Å². The van der Waals surface area contributed by atoms with E-state index in [2.05, 4.69) is 21.2 Å². The minimum absolute atomic E-state index is 0.0129. The highest BCUT2D eigenvalue weighted by Crippen LogP contribution is 2.42. The molecule has 0 bridgehead atoms. The molecule has 2 rings (SSSR count). The Morgan fingerprint density at radius 3 is 2.14 bits per heavy atom. The van der Waals surface area contributed by atoms with Gasteiger partial charge in [0.2, 0.25) is 0 Å². The number of nitrogens with zero attached hydrogens (tertiary/aromatic N) is 2. The molecule has 11 heteroatoms. The molecule has 0 aliphatic rings. The first kappa shape index (κ1) is 21.5. The van der Waals surface area contributed by atoms with Crippen LogP contribution in [0.4, 0.5) is 27.6 Å². The van der Waals surface area contributed by atoms with Crippen LogP contribution in [0.2, 0.25) is 5.02 Å². The van der Waals surface area contributed by atoms with E-state index < -0.39 is 29.1 Å². The fourth-order valence-corrected chi connectivity index (χ4v) is 2.78. The normalized spacial score (nSPS) is 10.6. The number of anilines is 1. The molecule has 0 amide bonds. The van der Waals surface area contributed by atoms with Crippen molar-refractivity contribution in [2.75, 3.05) is 5.32 Å². The first-order valence-corrected chi connectivity index (χ1v) is 8.24. The Labute approximate surface area is 168 Å². The molecule has 0 fully saturated rings. The molecule has 0 heterocycles. The van der Waals surface area contributed by atoms with Gasteiger partial charge in [0.05, 0.1) is 16.3 Å². The summed E-state index contributed by atoms with van der Waals surface area (Å²) in [5.74, 6) is -4.64. The van der Waals surface area contributed by atoms with Crippen LogP contribution in [0.15, 0.2) is 40.5 Å². The lowest BCUT2D eigenvalue weighted by Gasteiger charge is -2.15. The highest BCUT2D eigenvalue weighted by molar-refractivity contribution is 9.10. The van der Waals surface area contributed by atoms with Gasteiger partial charge in [-0.1, -0.05) is 27.5 Å². The quantitative estimate of drug-likeness (QED) is 0.400. The van der Waals surface area contributed by atoms with E-state index in [0.717, 1.165) is 6.20 Å². The van der Waals surface area contributed by atoms with E-state index >= 15 is 0 Å². The number of ether oxygens (including phenoxy) is 1. The summed E-state index contributed by atoms with van der Waals surface area (Å²) in [6.07, 6.45) is -3.96. The third-order valence-electron chi connectivity index (χ3n) is 3.15. The summed E-state index contributed by atoms with van der Waals surface area (Å²) in [6.45, 7) is 0. The Hall–Kier alpha value is -2.82. The van der Waals surface area contributed by atoms with Gasteiger partial charge >= 0.3 is 6.18 Å². The summed E-state index contributed by atoms with van der Waals surface area (Å²) in [5.41, 5.74) is -1.86. The average molecular weight is 479 g/mol. The maximum Gasteiger partial charge on any atom is 0.416 e. The van der Waals surface area contributed by atoms with E-state index in [0.29, 0.717) is 4.47 Å². The summed E-state index contributed by atoms with van der Waals surface area (Å²) >= 11 is 9.14. The van der Waals surface area contributed by atoms with Crippen LogP contribution in [-0.4, -0.2) is 0 Å². The van der Waals surface area contributed by atoms with Gasteiger partial charge in [-0.05, 0) is 24.3 Å². The van der Waals surface area contributed by atoms with Gasteiger partial charge in [-0.15, -0.1) is 0 Å². The molecule has 0 aliphatic heterocycles. The minimum atomic E-state index is -4.95. The predicted octanol–water partition coefficient (Wildman–Crippen LogP) is 6.53. The van der Waals surface area contributed by atoms with Crippen LogP contribution < -0.4 is 10.1 Å². The first-order chi connectivity index (χ1) is 13.1. The monoisotopic (exact) mass is 477 g/mol. The number of alkyl halides is 3. The molecule has 0 spiro atoms. The minimum Gasteiger partial charge on any atom is -0.447 e. The van der Waals surface area contributed by atoms with Gasteiger partial charge in [-0.25, -0.2) is 8.78 Å². The number of nitriles is 2. The number of hydrogen-bond donors (Lipinski definition) is 1. The molecular weight excluding hydrogens is 473 g/mol. The second-order valence-electron chi connectivity index (χ2n) is 5.06. The number of benzene rings is 2. The molecule has 2 aromatic rings. The lowest BCUT2D eigenvalue weighted by Crippen LogP contribution is -2.07. The SMILES string of the molecule is N#CC(C#N)=CNc1cc(Br)cc(Cl)c1Oc1c(F)cc(C(F)(F)F)cc1F. The van der Waals surface area contributed by atoms with Crippen molar-refractivity contribution in [3.8, 4) is 23.6 Å². The largest absolute Gasteiger partial charge is 0.447 e. The molecular formula is C17H6BrClF5N3O. The summed E-state index contributed by atoms with van der Waals surface area (Å²) in [4.78, 5) is 0. The number of halogens is 7. The number of allylic oxidation sites excluding steroid dienone is 1. The topological polar surface area (TPSA) is 68.8 Å². The van der Waals surface area contributed by atoms with Crippen LogP contribution >= 0.6 is 27.5 Å². The van der Waals surface area contributed by atoms with Crippen molar-refractivity contribution in [2.24, 2.45) is 0 Å². The van der Waals surface area contributed by atoms with Crippen LogP contribution in [0.5, 0.6) is 11.5 Å². The Kier molecular flexibility index (Phi) is 6.49. The van der Waals surface area contributed by atoms with Crippen molar-refractivity contribution >= 4 is 33.2 Å². The highest BCUT2D eigenvalue weighted by atomic mass is 79.9. The zero-order valence-corrected chi connectivity index (χ0v) is 15.7. The zero-order chi connectivity index (χ0) is 21.1. The highest BCUT2D eigenvalue weighted by Gasteiger charge is 2.33. The van der Waals surface area contributed by atoms with Crippen molar-refractivity contribution in [2.45, 2.75) is 6.18 Å². The molecule has 1 N–H and O–H groups in total. The average Bonchev–Trinajstić information content (AvgIpc) is 2.59. The second-order valence-corrected chi connectivity index (χ2v) is 6.38. The lowest BCUT2D eigenvalue weighted by molar-refractivity contribution is -0.138. The molecule has 0 atom stereocenters. The lowest BCUT2D eigenvalue weighted by atomic mass is 10.2. The molecule has 0 saturated carbocycles. The van der Waals surface area contributed by atoms with Gasteiger partial charge in [-0.2, -0.15) is 23.7 Å². The standard InChI is InChI=1S/C17H6BrClF5N3O/c18-10-3-11(19)15(14(4-10)27-7-8(5-25)6-26)28-16-12(20)1-9(2-13(16)21)17(22,23)24/h1-4,7,27H. The molecule has 2 aromatic carbocycles. The fourth-order valence-electron chi connectivity index (χ4n) is 1.93. The molecule has 0 aromatic heterocycles. The molecule has 0 unspecified atom stereocenters. The first-order valence-electron chi connectivity index (χ1n) is 7.07. The number of hydrogen-bond acceptors (Lipinski definition) is 4. The van der Waals surface area contributed by atoms with Crippen LogP contribution in [0.1, 0.15) is 5.56 Å². The molecule has 28 heavy (non-hydrogen) atoms. The smallest absolute Gasteiger partial charge is 0.416 e. The van der Waals surface area contributed by atoms with Crippen LogP contribution in [-0.2, 0) is 6.18 Å². The van der Waals surface area contributed by atoms with Crippen molar-refractivity contribution < 1.29 is 26.7 Å². The Bertz CT molecular complexity index is 1000. The maximum absolute atomic E-state index is 14.1. The van der Waals surface area contributed by atoms with Crippen LogP contribution in [0.25, 0.3) is 0 Å². The Morgan fingerprint density at radius 2 is 1.64 bits per heavy atom. The summed E-state index contributed by atoms with van der Waals surface area (Å²) in [6, 6.07) is 6.00. The third-order valence-corrected chi connectivity index (χ3v) is 3.89. The number of nitrogens with one attached hydrogen (secondary N) is 1. The van der Waals surface area contributed by atoms with E-state index in [1.54, 1.807) is 12.1 Å². The second kappa shape index (κ2) is 8.46. The van der Waals surface area contributed by atoms with Crippen molar-refractivity contribution in [1.29, 1.82) is 10.5 Å². The van der Waals surface area contributed by atoms with E-state index in [-0.39, 0.29) is 34.2 Å². The Balaban J connectivity index is 2.51. The van der Waals surface area contributed by atoms with Gasteiger partial charge in [0.15, 0.2) is 23.1 Å². The van der Waals surface area contributed by atoms with Crippen molar-refractivity contribution in [3.05, 3.63) is 62.7 Å². The van der Waals surface area contributed by atoms with Crippen molar-refractivity contribution in [1.82, 2.24) is 0 Å². The van der Waals surface area contributed by atoms with Crippen molar-refractivity contribution in [3.63, 3.8) is 0 Å². The Morgan fingerprint density at radius 1 is 1.07 bits per heavy atom. The van der Waals surface area contributed by atoms with E-state index in [4.69, 9.17) is 26.9 Å². The fraction of sp³-hybridized carbons (Fsp3) is 0.0588. The van der Waals surface area contributed by atoms with Crippen LogP contribution in [0.3, 0.4) is 0 Å². The predicted molar refractivity (Wildman–Crippen MR) is 93.5 cm³/mol. The molecule has 0 saturated heterocycles. The molecule has 4 nitrogen and oxygen atoms in total. The van der Waals surface area contributed by atoms with E-state index in [1.165, 1.54) is 12.1 Å². The summed E-state index contributed by atoms with van der Waals surface area (Å²) in [7, 11) is 0. The van der Waals surface area contributed by atoms with Gasteiger partial charge in [-0.3, -0.25) is 0 Å². The van der Waals surface area contributed by atoms with Crippen LogP contribution in [0, 0.1) is 34.3 Å². The molecule has 144 valence electrons. The summed E-state index contributed by atoms with van der Waals surface area (Å²) in [5, 5.41) is 19.9. The third kappa shape index (κ3) is 4.91. The number of rotatable bonds is 4. The molecule has 0 radical (unpaired) electrons. The maximum atomic E-state index is 14.1. The van der Waals surface area contributed by atoms with Gasteiger partial charge in [0.25, 0.3) is 0 Å². The van der Waals surface area contributed by atoms with Gasteiger partial charge < -0.3 is 10.1 Å². The van der Waals surface area contributed by atoms with E-state index in [1.807, 2.05) is 0 Å². The molecule has 0 aliphatic carbocycles. The zero-order valence-electron chi connectivity index (χ0n) is 13.3. The van der Waals surface area contributed by atoms with Gasteiger partial charge in [0, 0.05) is 10.7 Å². The van der Waals surface area contributed by atoms with Gasteiger partial charge in [0.1, 0.15) is 17.7 Å².